The number of benzene rings is 1. The minimum atomic E-state index is 0.0325. The summed E-state index contributed by atoms with van der Waals surface area (Å²) >= 11 is 0. The average Bonchev–Trinajstić information content (AvgIpc) is 2.96. The van der Waals surface area contributed by atoms with E-state index in [9.17, 15) is 4.79 Å². The number of fused-ring (bicyclic) bond motifs is 1. The Balaban J connectivity index is 1.71. The Morgan fingerprint density at radius 3 is 2.56 bits per heavy atom. The lowest BCUT2D eigenvalue weighted by molar-refractivity contribution is -0.119. The van der Waals surface area contributed by atoms with Gasteiger partial charge < -0.3 is 5.32 Å². The maximum Gasteiger partial charge on any atom is 0.229 e. The topological polar surface area (TPSA) is 57.8 Å². The van der Waals surface area contributed by atoms with E-state index >= 15 is 0 Å². The molecule has 0 aliphatic heterocycles. The van der Waals surface area contributed by atoms with Crippen molar-refractivity contribution in [2.24, 2.45) is 5.92 Å². The first-order valence-electron chi connectivity index (χ1n) is 6.11. The molecule has 1 heterocycles. The van der Waals surface area contributed by atoms with Gasteiger partial charge in [-0.05, 0) is 30.9 Å². The predicted molar refractivity (Wildman–Crippen MR) is 69.3 cm³/mol. The molecule has 1 aromatic heterocycles. The van der Waals surface area contributed by atoms with Crippen LogP contribution in [-0.4, -0.2) is 16.1 Å². The van der Waals surface area contributed by atoms with Gasteiger partial charge in [0.2, 0.25) is 5.91 Å². The Labute approximate surface area is 105 Å². The Bertz CT molecular complexity index is 563. The maximum absolute atomic E-state index is 12.2. The van der Waals surface area contributed by atoms with Crippen molar-refractivity contribution in [2.45, 2.75) is 19.8 Å². The zero-order valence-corrected chi connectivity index (χ0v) is 10.2. The summed E-state index contributed by atoms with van der Waals surface area (Å²) in [7, 11) is 0. The van der Waals surface area contributed by atoms with Crippen molar-refractivity contribution in [3.8, 4) is 0 Å². The third-order valence-corrected chi connectivity index (χ3v) is 3.50. The lowest BCUT2D eigenvalue weighted by Crippen LogP contribution is -2.23. The van der Waals surface area contributed by atoms with Crippen LogP contribution in [0.15, 0.2) is 30.5 Å². The van der Waals surface area contributed by atoms with Crippen LogP contribution in [0.3, 0.4) is 0 Å². The number of H-pyrrole nitrogens is 1. The monoisotopic (exact) mass is 241 g/mol. The molecule has 1 aromatic carbocycles. The van der Waals surface area contributed by atoms with Crippen LogP contribution in [0.4, 0.5) is 5.82 Å². The molecule has 0 atom stereocenters. The van der Waals surface area contributed by atoms with Gasteiger partial charge in [-0.25, -0.2) is 0 Å². The average molecular weight is 241 g/mol. The number of carbonyl (C=O) groups excluding carboxylic acids is 1. The van der Waals surface area contributed by atoms with Crippen LogP contribution in [0.2, 0.25) is 0 Å². The molecule has 3 rings (SSSR count). The lowest BCUT2D eigenvalue weighted by atomic mass is 10.1. The van der Waals surface area contributed by atoms with Gasteiger partial charge in [0.05, 0.1) is 6.20 Å². The third-order valence-electron chi connectivity index (χ3n) is 3.50. The van der Waals surface area contributed by atoms with E-state index in [0.717, 1.165) is 18.4 Å². The van der Waals surface area contributed by atoms with E-state index in [2.05, 4.69) is 27.6 Å². The summed E-state index contributed by atoms with van der Waals surface area (Å²) in [6.45, 7) is 1.92. The zero-order chi connectivity index (χ0) is 12.5. The minimum absolute atomic E-state index is 0.0325. The van der Waals surface area contributed by atoms with Crippen molar-refractivity contribution in [1.82, 2.24) is 10.2 Å². The number of rotatable bonds is 2. The van der Waals surface area contributed by atoms with Crippen LogP contribution in [0.25, 0.3) is 0 Å². The summed E-state index contributed by atoms with van der Waals surface area (Å²) in [6, 6.07) is 8.25. The van der Waals surface area contributed by atoms with E-state index in [1.165, 1.54) is 11.1 Å². The predicted octanol–water partition coefficient (Wildman–Crippen LogP) is 2.07. The Morgan fingerprint density at radius 2 is 2.00 bits per heavy atom. The van der Waals surface area contributed by atoms with Gasteiger partial charge in [-0.1, -0.05) is 24.3 Å². The molecule has 0 radical (unpaired) electrons. The van der Waals surface area contributed by atoms with Gasteiger partial charge in [0.25, 0.3) is 0 Å². The van der Waals surface area contributed by atoms with E-state index in [1.54, 1.807) is 6.20 Å². The summed E-state index contributed by atoms with van der Waals surface area (Å²) in [5.41, 5.74) is 3.54. The van der Waals surface area contributed by atoms with Gasteiger partial charge in [-0.15, -0.1) is 0 Å². The number of carbonyl (C=O) groups is 1. The second-order valence-corrected chi connectivity index (χ2v) is 4.79. The molecule has 0 saturated carbocycles. The molecule has 18 heavy (non-hydrogen) atoms. The molecule has 1 aliphatic carbocycles. The molecule has 2 aromatic rings. The van der Waals surface area contributed by atoms with E-state index in [0.29, 0.717) is 5.82 Å². The smallest absolute Gasteiger partial charge is 0.229 e. The van der Waals surface area contributed by atoms with Crippen LogP contribution >= 0.6 is 0 Å². The number of anilines is 1. The van der Waals surface area contributed by atoms with Crippen LogP contribution in [0.5, 0.6) is 0 Å². The summed E-state index contributed by atoms with van der Waals surface area (Å²) in [6.07, 6.45) is 3.36. The summed E-state index contributed by atoms with van der Waals surface area (Å²) in [4.78, 5) is 12.2. The number of nitrogens with one attached hydrogen (secondary N) is 2. The van der Waals surface area contributed by atoms with Crippen LogP contribution in [-0.2, 0) is 17.6 Å². The molecule has 0 bridgehead atoms. The molecular weight excluding hydrogens is 226 g/mol. The number of nitrogens with zero attached hydrogens (tertiary/aromatic N) is 1. The van der Waals surface area contributed by atoms with E-state index in [-0.39, 0.29) is 11.8 Å². The van der Waals surface area contributed by atoms with Gasteiger partial charge in [-0.3, -0.25) is 9.89 Å². The van der Waals surface area contributed by atoms with Gasteiger partial charge >= 0.3 is 0 Å². The fourth-order valence-electron chi connectivity index (χ4n) is 2.44. The summed E-state index contributed by atoms with van der Waals surface area (Å²) in [5, 5.41) is 9.61. The highest BCUT2D eigenvalue weighted by molar-refractivity contribution is 5.93. The number of amides is 1. The second kappa shape index (κ2) is 4.29. The highest BCUT2D eigenvalue weighted by Gasteiger charge is 2.27. The fraction of sp³-hybridized carbons (Fsp3) is 0.286. The van der Waals surface area contributed by atoms with Crippen molar-refractivity contribution in [2.75, 3.05) is 5.32 Å². The first-order chi connectivity index (χ1) is 8.74. The largest absolute Gasteiger partial charge is 0.311 e. The standard InChI is InChI=1S/C14H15N3O/c1-9-8-15-17-13(9)16-14(18)12-6-10-4-2-3-5-11(10)7-12/h2-5,8,12H,6-7H2,1H3,(H2,15,16,17,18). The summed E-state index contributed by atoms with van der Waals surface area (Å²) < 4.78 is 0. The van der Waals surface area contributed by atoms with Crippen molar-refractivity contribution in [3.63, 3.8) is 0 Å². The second-order valence-electron chi connectivity index (χ2n) is 4.79. The van der Waals surface area contributed by atoms with Crippen LogP contribution in [0, 0.1) is 12.8 Å². The van der Waals surface area contributed by atoms with Crippen molar-refractivity contribution in [3.05, 3.63) is 47.2 Å². The molecule has 92 valence electrons. The molecule has 1 amide bonds. The lowest BCUT2D eigenvalue weighted by Gasteiger charge is -2.09. The number of hydrogen-bond acceptors (Lipinski definition) is 2. The Hall–Kier alpha value is -2.10. The van der Waals surface area contributed by atoms with Gasteiger partial charge in [0.15, 0.2) is 0 Å². The van der Waals surface area contributed by atoms with Gasteiger partial charge in [0, 0.05) is 11.5 Å². The number of aromatic nitrogens is 2. The van der Waals surface area contributed by atoms with E-state index in [1.807, 2.05) is 19.1 Å². The quantitative estimate of drug-likeness (QED) is 0.845. The highest BCUT2D eigenvalue weighted by atomic mass is 16.2. The molecule has 0 fully saturated rings. The van der Waals surface area contributed by atoms with Crippen molar-refractivity contribution >= 4 is 11.7 Å². The molecule has 1 aliphatic rings. The zero-order valence-electron chi connectivity index (χ0n) is 10.2. The minimum Gasteiger partial charge on any atom is -0.311 e. The number of aromatic amines is 1. The highest BCUT2D eigenvalue weighted by Crippen LogP contribution is 2.27. The number of aryl methyl sites for hydroxylation is 1. The Kier molecular flexibility index (Phi) is 2.63. The van der Waals surface area contributed by atoms with Gasteiger partial charge in [-0.2, -0.15) is 5.10 Å². The van der Waals surface area contributed by atoms with E-state index < -0.39 is 0 Å². The van der Waals surface area contributed by atoms with E-state index in [4.69, 9.17) is 0 Å². The molecule has 0 spiro atoms. The first-order valence-corrected chi connectivity index (χ1v) is 6.11. The SMILES string of the molecule is Cc1cn[nH]c1NC(=O)C1Cc2ccccc2C1. The van der Waals surface area contributed by atoms with Crippen LogP contribution in [0.1, 0.15) is 16.7 Å². The normalized spacial score (nSPS) is 14.5. The molecule has 4 heteroatoms. The third kappa shape index (κ3) is 1.90. The molecule has 0 saturated heterocycles. The fourth-order valence-corrected chi connectivity index (χ4v) is 2.44. The molecule has 2 N–H and O–H groups in total. The molecular formula is C14H15N3O. The maximum atomic E-state index is 12.2. The summed E-state index contributed by atoms with van der Waals surface area (Å²) in [5.74, 6) is 0.805. The van der Waals surface area contributed by atoms with Crippen molar-refractivity contribution in [1.29, 1.82) is 0 Å². The van der Waals surface area contributed by atoms with Crippen molar-refractivity contribution < 1.29 is 4.79 Å². The van der Waals surface area contributed by atoms with Crippen LogP contribution < -0.4 is 5.32 Å². The first kappa shape index (κ1) is 11.0. The van der Waals surface area contributed by atoms with Gasteiger partial charge in [0.1, 0.15) is 5.82 Å². The molecule has 0 unspecified atom stereocenters. The Morgan fingerprint density at radius 1 is 1.33 bits per heavy atom. The number of hydrogen-bond donors (Lipinski definition) is 2. The molecule has 4 nitrogen and oxygen atoms in total.